The van der Waals surface area contributed by atoms with Crippen molar-refractivity contribution in [2.24, 2.45) is 5.73 Å². The number of nitrogens with one attached hydrogen (secondary N) is 1. The molecule has 2 heterocycles. The van der Waals surface area contributed by atoms with E-state index in [2.05, 4.69) is 4.98 Å². The molecule has 3 N–H and O–H groups in total. The van der Waals surface area contributed by atoms with Crippen LogP contribution in [0.2, 0.25) is 0 Å². The van der Waals surface area contributed by atoms with Gasteiger partial charge < -0.3 is 15.1 Å². The molecule has 0 radical (unpaired) electrons. The summed E-state index contributed by atoms with van der Waals surface area (Å²) in [5.41, 5.74) is 8.57. The van der Waals surface area contributed by atoms with E-state index < -0.39 is 0 Å². The first-order valence-corrected chi connectivity index (χ1v) is 5.67. The number of aromatic nitrogens is 1. The molecule has 2 aromatic heterocycles. The summed E-state index contributed by atoms with van der Waals surface area (Å²) in [6.07, 6.45) is 0.693. The van der Waals surface area contributed by atoms with E-state index in [4.69, 9.17) is 10.2 Å². The van der Waals surface area contributed by atoms with Gasteiger partial charge in [-0.1, -0.05) is 6.07 Å². The summed E-state index contributed by atoms with van der Waals surface area (Å²) in [6, 6.07) is 11.4. The first kappa shape index (κ1) is 10.8. The first-order chi connectivity index (χ1) is 8.80. The maximum atomic E-state index is 10.6. The summed E-state index contributed by atoms with van der Waals surface area (Å²) in [4.78, 5) is 13.8. The Morgan fingerprint density at radius 1 is 1.22 bits per heavy atom. The third-order valence-electron chi connectivity index (χ3n) is 2.93. The number of aldehydes is 1. The molecular formula is C14H12N2O2. The standard InChI is InChI=1S/C14H12N2O2/c15-7-9-1-3-12-10(5-9)6-13(16-12)14-4-2-11(8-17)18-14/h1-6,8,16H,7,15H2. The fraction of sp³-hybridized carbons (Fsp3) is 0.0714. The van der Waals surface area contributed by atoms with Crippen molar-refractivity contribution in [3.8, 4) is 11.5 Å². The van der Waals surface area contributed by atoms with E-state index in [0.717, 1.165) is 22.2 Å². The van der Waals surface area contributed by atoms with Gasteiger partial charge in [0, 0.05) is 17.4 Å². The molecular weight excluding hydrogens is 228 g/mol. The van der Waals surface area contributed by atoms with Crippen LogP contribution in [-0.2, 0) is 6.54 Å². The zero-order valence-electron chi connectivity index (χ0n) is 9.64. The van der Waals surface area contributed by atoms with Crippen LogP contribution in [0.3, 0.4) is 0 Å². The Kier molecular flexibility index (Phi) is 2.50. The molecule has 0 atom stereocenters. The van der Waals surface area contributed by atoms with E-state index in [0.29, 0.717) is 24.4 Å². The number of fused-ring (bicyclic) bond motifs is 1. The molecule has 4 heteroatoms. The maximum absolute atomic E-state index is 10.6. The number of aromatic amines is 1. The van der Waals surface area contributed by atoms with Crippen molar-refractivity contribution in [3.05, 3.63) is 47.7 Å². The van der Waals surface area contributed by atoms with Crippen LogP contribution in [0.1, 0.15) is 16.1 Å². The van der Waals surface area contributed by atoms with Gasteiger partial charge in [0.05, 0.1) is 5.69 Å². The summed E-state index contributed by atoms with van der Waals surface area (Å²) in [6.45, 7) is 0.520. The molecule has 90 valence electrons. The van der Waals surface area contributed by atoms with Gasteiger partial charge in [0.1, 0.15) is 0 Å². The van der Waals surface area contributed by atoms with Gasteiger partial charge in [-0.05, 0) is 35.9 Å². The minimum atomic E-state index is 0.325. The molecule has 0 saturated carbocycles. The summed E-state index contributed by atoms with van der Waals surface area (Å²) in [5, 5.41) is 1.08. The molecule has 0 saturated heterocycles. The van der Waals surface area contributed by atoms with Gasteiger partial charge >= 0.3 is 0 Å². The van der Waals surface area contributed by atoms with Crippen molar-refractivity contribution >= 4 is 17.2 Å². The number of carbonyl (C=O) groups is 1. The van der Waals surface area contributed by atoms with Crippen LogP contribution in [0.4, 0.5) is 0 Å². The van der Waals surface area contributed by atoms with Crippen LogP contribution in [-0.4, -0.2) is 11.3 Å². The molecule has 1 aromatic carbocycles. The van der Waals surface area contributed by atoms with Gasteiger partial charge in [-0.3, -0.25) is 4.79 Å². The lowest BCUT2D eigenvalue weighted by Gasteiger charge is -1.94. The summed E-state index contributed by atoms with van der Waals surface area (Å²) < 4.78 is 5.38. The van der Waals surface area contributed by atoms with Crippen LogP contribution >= 0.6 is 0 Å². The first-order valence-electron chi connectivity index (χ1n) is 5.67. The molecule has 3 aromatic rings. The number of H-pyrrole nitrogens is 1. The SMILES string of the molecule is NCc1ccc2[nH]c(-c3ccc(C=O)o3)cc2c1. The molecule has 3 rings (SSSR count). The topological polar surface area (TPSA) is 72.0 Å². The minimum absolute atomic E-state index is 0.325. The highest BCUT2D eigenvalue weighted by atomic mass is 16.3. The summed E-state index contributed by atoms with van der Waals surface area (Å²) in [5.74, 6) is 0.980. The number of hydrogen-bond acceptors (Lipinski definition) is 3. The van der Waals surface area contributed by atoms with Crippen LogP contribution in [0.15, 0.2) is 40.8 Å². The lowest BCUT2D eigenvalue weighted by atomic mass is 10.1. The number of benzene rings is 1. The number of furan rings is 1. The molecule has 0 aliphatic carbocycles. The number of carbonyl (C=O) groups excluding carboxylic acids is 1. The Bertz CT molecular complexity index is 709. The predicted molar refractivity (Wildman–Crippen MR) is 69.3 cm³/mol. The van der Waals surface area contributed by atoms with Crippen molar-refractivity contribution in [2.75, 3.05) is 0 Å². The van der Waals surface area contributed by atoms with E-state index in [1.165, 1.54) is 0 Å². The molecule has 0 aliphatic heterocycles. The summed E-state index contributed by atoms with van der Waals surface area (Å²) in [7, 11) is 0. The molecule has 0 unspecified atom stereocenters. The normalized spacial score (nSPS) is 10.9. The van der Waals surface area contributed by atoms with Gasteiger partial charge in [0.25, 0.3) is 0 Å². The lowest BCUT2D eigenvalue weighted by molar-refractivity contribution is 0.110. The largest absolute Gasteiger partial charge is 0.452 e. The Morgan fingerprint density at radius 2 is 2.11 bits per heavy atom. The molecule has 4 nitrogen and oxygen atoms in total. The molecule has 18 heavy (non-hydrogen) atoms. The van der Waals surface area contributed by atoms with Gasteiger partial charge in [-0.25, -0.2) is 0 Å². The molecule has 0 bridgehead atoms. The number of rotatable bonds is 3. The van der Waals surface area contributed by atoms with E-state index in [1.54, 1.807) is 12.1 Å². The van der Waals surface area contributed by atoms with Crippen molar-refractivity contribution in [1.29, 1.82) is 0 Å². The van der Waals surface area contributed by atoms with Crippen LogP contribution < -0.4 is 5.73 Å². The zero-order chi connectivity index (χ0) is 12.5. The van der Waals surface area contributed by atoms with Crippen molar-refractivity contribution < 1.29 is 9.21 Å². The fourth-order valence-corrected chi connectivity index (χ4v) is 2.00. The van der Waals surface area contributed by atoms with Gasteiger partial charge in [0.15, 0.2) is 17.8 Å². The van der Waals surface area contributed by atoms with Crippen molar-refractivity contribution in [1.82, 2.24) is 4.98 Å². The highest BCUT2D eigenvalue weighted by Crippen LogP contribution is 2.26. The quantitative estimate of drug-likeness (QED) is 0.691. The smallest absolute Gasteiger partial charge is 0.185 e. The maximum Gasteiger partial charge on any atom is 0.185 e. The van der Waals surface area contributed by atoms with Crippen molar-refractivity contribution in [3.63, 3.8) is 0 Å². The minimum Gasteiger partial charge on any atom is -0.452 e. The predicted octanol–water partition coefficient (Wildman–Crippen LogP) is 2.70. The Morgan fingerprint density at radius 3 is 2.83 bits per heavy atom. The van der Waals surface area contributed by atoms with Crippen molar-refractivity contribution in [2.45, 2.75) is 6.54 Å². The van der Waals surface area contributed by atoms with Crippen LogP contribution in [0.5, 0.6) is 0 Å². The second-order valence-corrected chi connectivity index (χ2v) is 4.13. The highest BCUT2D eigenvalue weighted by molar-refractivity contribution is 5.86. The third-order valence-corrected chi connectivity index (χ3v) is 2.93. The molecule has 0 fully saturated rings. The molecule has 0 spiro atoms. The fourth-order valence-electron chi connectivity index (χ4n) is 2.00. The monoisotopic (exact) mass is 240 g/mol. The molecule has 0 amide bonds. The Hall–Kier alpha value is -2.33. The van der Waals surface area contributed by atoms with E-state index in [1.807, 2.05) is 24.3 Å². The van der Waals surface area contributed by atoms with E-state index >= 15 is 0 Å². The van der Waals surface area contributed by atoms with Gasteiger partial charge in [-0.2, -0.15) is 0 Å². The second kappa shape index (κ2) is 4.16. The van der Waals surface area contributed by atoms with E-state index in [-0.39, 0.29) is 0 Å². The highest BCUT2D eigenvalue weighted by Gasteiger charge is 2.08. The van der Waals surface area contributed by atoms with Gasteiger partial charge in [0.2, 0.25) is 0 Å². The van der Waals surface area contributed by atoms with Crippen LogP contribution in [0.25, 0.3) is 22.4 Å². The number of hydrogen-bond donors (Lipinski definition) is 2. The van der Waals surface area contributed by atoms with E-state index in [9.17, 15) is 4.79 Å². The Balaban J connectivity index is 2.09. The average molecular weight is 240 g/mol. The summed E-state index contributed by atoms with van der Waals surface area (Å²) >= 11 is 0. The van der Waals surface area contributed by atoms with Gasteiger partial charge in [-0.15, -0.1) is 0 Å². The lowest BCUT2D eigenvalue weighted by Crippen LogP contribution is -1.94. The van der Waals surface area contributed by atoms with Crippen LogP contribution in [0, 0.1) is 0 Å². The third kappa shape index (κ3) is 1.72. The Labute approximate surface area is 103 Å². The zero-order valence-corrected chi connectivity index (χ0v) is 9.64. The average Bonchev–Trinajstić information content (AvgIpc) is 3.03. The molecule has 0 aliphatic rings. The second-order valence-electron chi connectivity index (χ2n) is 4.13. The number of nitrogens with two attached hydrogens (primary N) is 1.